The third kappa shape index (κ3) is 4.46. The third-order valence-electron chi connectivity index (χ3n) is 5.41. The summed E-state index contributed by atoms with van der Waals surface area (Å²) in [6.07, 6.45) is 9.80. The topological polar surface area (TPSA) is 24.1 Å². The summed E-state index contributed by atoms with van der Waals surface area (Å²) in [6, 6.07) is 0. The number of unbranched alkanes of at least 4 members (excludes halogenated alkanes) is 2. The molecule has 2 heteroatoms. The summed E-state index contributed by atoms with van der Waals surface area (Å²) in [5.41, 5.74) is 1.22. The normalized spacial score (nSPS) is 25.7. The van der Waals surface area contributed by atoms with Crippen LogP contribution in [-0.4, -0.2) is 26.2 Å². The lowest BCUT2D eigenvalue weighted by molar-refractivity contribution is 0.284. The first kappa shape index (κ1) is 15.3. The molecule has 2 rings (SSSR count). The van der Waals surface area contributed by atoms with Crippen LogP contribution < -0.4 is 10.6 Å². The summed E-state index contributed by atoms with van der Waals surface area (Å²) >= 11 is 0. The average molecular weight is 266 g/mol. The van der Waals surface area contributed by atoms with Crippen molar-refractivity contribution in [3.63, 3.8) is 0 Å². The van der Waals surface area contributed by atoms with Crippen LogP contribution in [0.1, 0.15) is 65.7 Å². The van der Waals surface area contributed by atoms with E-state index in [1.165, 1.54) is 71.1 Å². The summed E-state index contributed by atoms with van der Waals surface area (Å²) in [4.78, 5) is 0. The number of piperidine rings is 1. The van der Waals surface area contributed by atoms with Gasteiger partial charge in [-0.25, -0.2) is 0 Å². The van der Waals surface area contributed by atoms with Crippen molar-refractivity contribution in [2.24, 2.45) is 16.7 Å². The Labute approximate surface area is 120 Å². The van der Waals surface area contributed by atoms with Gasteiger partial charge in [-0.1, -0.05) is 40.0 Å². The van der Waals surface area contributed by atoms with Crippen LogP contribution in [0.3, 0.4) is 0 Å². The van der Waals surface area contributed by atoms with E-state index < -0.39 is 0 Å². The van der Waals surface area contributed by atoms with Gasteiger partial charge in [0.25, 0.3) is 0 Å². The standard InChI is InChI=1S/C17H34N2/c1-4-5-6-7-16(2,3)14-19-13-15-12-17(15)8-10-18-11-9-17/h15,18-19H,4-14H2,1-3H3. The fourth-order valence-corrected chi connectivity index (χ4v) is 3.78. The number of nitrogens with one attached hydrogen (secondary N) is 2. The zero-order valence-electron chi connectivity index (χ0n) is 13.4. The minimum atomic E-state index is 0.478. The summed E-state index contributed by atoms with van der Waals surface area (Å²) in [6.45, 7) is 12.1. The van der Waals surface area contributed by atoms with E-state index in [-0.39, 0.29) is 0 Å². The molecule has 2 nitrogen and oxygen atoms in total. The fourth-order valence-electron chi connectivity index (χ4n) is 3.78. The Hall–Kier alpha value is -0.0800. The minimum absolute atomic E-state index is 0.478. The van der Waals surface area contributed by atoms with Gasteiger partial charge in [0.2, 0.25) is 0 Å². The molecule has 1 saturated heterocycles. The molecule has 2 fully saturated rings. The Morgan fingerprint density at radius 1 is 1.21 bits per heavy atom. The first-order valence-electron chi connectivity index (χ1n) is 8.49. The van der Waals surface area contributed by atoms with Gasteiger partial charge in [0.1, 0.15) is 0 Å². The van der Waals surface area contributed by atoms with Crippen LogP contribution in [0.4, 0.5) is 0 Å². The van der Waals surface area contributed by atoms with E-state index in [1.54, 1.807) is 0 Å². The average Bonchev–Trinajstić information content (AvgIpc) is 3.02. The molecular weight excluding hydrogens is 232 g/mol. The van der Waals surface area contributed by atoms with Crippen LogP contribution in [0.25, 0.3) is 0 Å². The van der Waals surface area contributed by atoms with E-state index in [1.807, 2.05) is 0 Å². The highest BCUT2D eigenvalue weighted by Gasteiger charge is 2.53. The van der Waals surface area contributed by atoms with Crippen LogP contribution in [-0.2, 0) is 0 Å². The molecule has 2 aliphatic rings. The molecular formula is C17H34N2. The van der Waals surface area contributed by atoms with Crippen LogP contribution in [0.5, 0.6) is 0 Å². The molecule has 1 aliphatic heterocycles. The number of hydrogen-bond acceptors (Lipinski definition) is 2. The van der Waals surface area contributed by atoms with Crippen molar-refractivity contribution in [1.82, 2.24) is 10.6 Å². The molecule has 19 heavy (non-hydrogen) atoms. The number of rotatable bonds is 8. The lowest BCUT2D eigenvalue weighted by Crippen LogP contribution is -2.34. The largest absolute Gasteiger partial charge is 0.317 e. The second-order valence-corrected chi connectivity index (χ2v) is 7.77. The molecule has 1 atom stereocenters. The molecule has 0 aromatic rings. The Kier molecular flexibility index (Phi) is 5.30. The van der Waals surface area contributed by atoms with Gasteiger partial charge in [0.05, 0.1) is 0 Å². The Morgan fingerprint density at radius 2 is 1.95 bits per heavy atom. The van der Waals surface area contributed by atoms with Gasteiger partial charge in [-0.05, 0) is 62.1 Å². The maximum Gasteiger partial charge on any atom is 0.000264 e. The van der Waals surface area contributed by atoms with E-state index >= 15 is 0 Å². The predicted molar refractivity (Wildman–Crippen MR) is 83.4 cm³/mol. The Morgan fingerprint density at radius 3 is 2.63 bits per heavy atom. The highest BCUT2D eigenvalue weighted by Crippen LogP contribution is 2.58. The van der Waals surface area contributed by atoms with Crippen molar-refractivity contribution < 1.29 is 0 Å². The molecule has 0 aromatic heterocycles. The predicted octanol–water partition coefficient (Wildman–Crippen LogP) is 3.57. The molecule has 1 heterocycles. The molecule has 1 saturated carbocycles. The van der Waals surface area contributed by atoms with Crippen molar-refractivity contribution in [2.75, 3.05) is 26.2 Å². The first-order valence-corrected chi connectivity index (χ1v) is 8.49. The van der Waals surface area contributed by atoms with Crippen LogP contribution in [0.15, 0.2) is 0 Å². The lowest BCUT2D eigenvalue weighted by Gasteiger charge is -2.26. The second-order valence-electron chi connectivity index (χ2n) is 7.77. The fraction of sp³-hybridized carbons (Fsp3) is 1.00. The van der Waals surface area contributed by atoms with Crippen molar-refractivity contribution in [3.05, 3.63) is 0 Å². The van der Waals surface area contributed by atoms with Crippen molar-refractivity contribution in [3.8, 4) is 0 Å². The first-order chi connectivity index (χ1) is 9.08. The molecule has 112 valence electrons. The van der Waals surface area contributed by atoms with Gasteiger partial charge in [0, 0.05) is 6.54 Å². The van der Waals surface area contributed by atoms with E-state index in [0.29, 0.717) is 5.41 Å². The zero-order chi connectivity index (χ0) is 13.8. The maximum absolute atomic E-state index is 3.77. The van der Waals surface area contributed by atoms with Gasteiger partial charge in [0.15, 0.2) is 0 Å². The molecule has 0 radical (unpaired) electrons. The third-order valence-corrected chi connectivity index (χ3v) is 5.41. The summed E-state index contributed by atoms with van der Waals surface area (Å²) < 4.78 is 0. The van der Waals surface area contributed by atoms with E-state index in [4.69, 9.17) is 0 Å². The van der Waals surface area contributed by atoms with Crippen LogP contribution in [0.2, 0.25) is 0 Å². The SMILES string of the molecule is CCCCCC(C)(C)CNCC1CC12CCNCC2. The van der Waals surface area contributed by atoms with Crippen LogP contribution in [0, 0.1) is 16.7 Å². The van der Waals surface area contributed by atoms with E-state index in [9.17, 15) is 0 Å². The quantitative estimate of drug-likeness (QED) is 0.656. The highest BCUT2D eigenvalue weighted by molar-refractivity contribution is 5.05. The van der Waals surface area contributed by atoms with Gasteiger partial charge in [-0.2, -0.15) is 0 Å². The molecule has 2 N–H and O–H groups in total. The molecule has 0 aromatic carbocycles. The maximum atomic E-state index is 3.77. The number of hydrogen-bond donors (Lipinski definition) is 2. The van der Waals surface area contributed by atoms with E-state index in [0.717, 1.165) is 11.3 Å². The van der Waals surface area contributed by atoms with Gasteiger partial charge in [-0.3, -0.25) is 0 Å². The van der Waals surface area contributed by atoms with Crippen molar-refractivity contribution >= 4 is 0 Å². The van der Waals surface area contributed by atoms with Gasteiger partial charge < -0.3 is 10.6 Å². The molecule has 1 aliphatic carbocycles. The van der Waals surface area contributed by atoms with Crippen LogP contribution >= 0.6 is 0 Å². The smallest absolute Gasteiger partial charge is 0.000264 e. The molecule has 1 unspecified atom stereocenters. The summed E-state index contributed by atoms with van der Waals surface area (Å²) in [5.74, 6) is 0.973. The Bertz CT molecular complexity index is 266. The highest BCUT2D eigenvalue weighted by atomic mass is 14.9. The summed E-state index contributed by atoms with van der Waals surface area (Å²) in [7, 11) is 0. The monoisotopic (exact) mass is 266 g/mol. The minimum Gasteiger partial charge on any atom is -0.317 e. The Balaban J connectivity index is 1.59. The summed E-state index contributed by atoms with van der Waals surface area (Å²) in [5, 5.41) is 7.26. The molecule has 0 bridgehead atoms. The van der Waals surface area contributed by atoms with Gasteiger partial charge >= 0.3 is 0 Å². The van der Waals surface area contributed by atoms with Crippen molar-refractivity contribution in [1.29, 1.82) is 0 Å². The van der Waals surface area contributed by atoms with Gasteiger partial charge in [-0.15, -0.1) is 0 Å². The molecule has 1 spiro atoms. The van der Waals surface area contributed by atoms with Crippen molar-refractivity contribution in [2.45, 2.75) is 65.7 Å². The zero-order valence-corrected chi connectivity index (χ0v) is 13.4. The lowest BCUT2D eigenvalue weighted by atomic mass is 9.86. The van der Waals surface area contributed by atoms with E-state index in [2.05, 4.69) is 31.4 Å². The molecule has 0 amide bonds. The second kappa shape index (κ2) is 6.58.